The molecule has 0 spiro atoms. The normalized spacial score (nSPS) is 12.2. The van der Waals surface area contributed by atoms with Gasteiger partial charge >= 0.3 is 6.18 Å². The molecular formula is C39H25F5N2. The monoisotopic (exact) mass is 616 g/mol. The molecule has 8 aromatic rings. The molecule has 0 bridgehead atoms. The molecule has 7 heteroatoms. The molecule has 0 saturated carbocycles. The van der Waals surface area contributed by atoms with E-state index in [-0.39, 0.29) is 22.5 Å². The van der Waals surface area contributed by atoms with Gasteiger partial charge in [-0.15, -0.1) is 0 Å². The van der Waals surface area contributed by atoms with Gasteiger partial charge in [0.15, 0.2) is 0 Å². The van der Waals surface area contributed by atoms with Gasteiger partial charge in [-0.25, -0.2) is 8.78 Å². The predicted octanol–water partition coefficient (Wildman–Crippen LogP) is 11.5. The minimum atomic E-state index is -4.72. The number of rotatable bonds is 3. The first-order chi connectivity index (χ1) is 22.1. The first kappa shape index (κ1) is 28.1. The van der Waals surface area contributed by atoms with E-state index in [4.69, 9.17) is 0 Å². The Morgan fingerprint density at radius 2 is 0.913 bits per heavy atom. The lowest BCUT2D eigenvalue weighted by Gasteiger charge is -2.23. The second-order valence-electron chi connectivity index (χ2n) is 11.8. The summed E-state index contributed by atoms with van der Waals surface area (Å²) in [6, 6.07) is 31.8. The maximum absolute atomic E-state index is 15.0. The van der Waals surface area contributed by atoms with Gasteiger partial charge in [-0.2, -0.15) is 13.2 Å². The largest absolute Gasteiger partial charge is 0.416 e. The van der Waals surface area contributed by atoms with E-state index in [2.05, 4.69) is 0 Å². The van der Waals surface area contributed by atoms with Gasteiger partial charge in [0, 0.05) is 33.2 Å². The highest BCUT2D eigenvalue weighted by Gasteiger charge is 2.34. The summed E-state index contributed by atoms with van der Waals surface area (Å²) in [7, 11) is 0. The van der Waals surface area contributed by atoms with Crippen molar-refractivity contribution in [3.63, 3.8) is 0 Å². The summed E-state index contributed by atoms with van der Waals surface area (Å²) in [5.74, 6) is -1.66. The van der Waals surface area contributed by atoms with E-state index in [0.29, 0.717) is 22.1 Å². The maximum Gasteiger partial charge on any atom is 0.416 e. The fourth-order valence-electron chi connectivity index (χ4n) is 6.81. The zero-order chi connectivity index (χ0) is 31.9. The molecule has 0 aliphatic carbocycles. The number of para-hydroxylation sites is 2. The molecule has 0 amide bonds. The van der Waals surface area contributed by atoms with Gasteiger partial charge < -0.3 is 9.13 Å². The molecule has 2 aromatic heterocycles. The molecule has 0 atom stereocenters. The van der Waals surface area contributed by atoms with E-state index in [1.807, 2.05) is 98.8 Å². The first-order valence-electron chi connectivity index (χ1n) is 14.8. The summed E-state index contributed by atoms with van der Waals surface area (Å²) >= 11 is 0. The lowest BCUT2D eigenvalue weighted by Crippen LogP contribution is -2.11. The van der Waals surface area contributed by atoms with Gasteiger partial charge in [0.05, 0.1) is 39.0 Å². The molecular weight excluding hydrogens is 591 g/mol. The molecule has 6 aromatic carbocycles. The number of aryl methyl sites for hydroxylation is 2. The summed E-state index contributed by atoms with van der Waals surface area (Å²) in [5, 5.41) is 3.42. The third kappa shape index (κ3) is 4.30. The van der Waals surface area contributed by atoms with Crippen LogP contribution in [0, 0.1) is 25.5 Å². The lowest BCUT2D eigenvalue weighted by molar-refractivity contribution is -0.137. The van der Waals surface area contributed by atoms with Crippen LogP contribution in [0.3, 0.4) is 0 Å². The summed E-state index contributed by atoms with van der Waals surface area (Å²) in [4.78, 5) is 0. The smallest absolute Gasteiger partial charge is 0.309 e. The van der Waals surface area contributed by atoms with Crippen LogP contribution in [0.5, 0.6) is 0 Å². The van der Waals surface area contributed by atoms with E-state index in [0.717, 1.165) is 50.9 Å². The SMILES string of the molecule is Cc1ccc2c(c1)c1ccccc1n2-c1cc(C(F)(F)F)cc(-n2c3ccccc3c3cc(C)ccc32)c1-c1cc(F)cc(F)c1. The number of benzene rings is 6. The zero-order valence-electron chi connectivity index (χ0n) is 24.8. The third-order valence-corrected chi connectivity index (χ3v) is 8.71. The van der Waals surface area contributed by atoms with Gasteiger partial charge in [-0.3, -0.25) is 0 Å². The molecule has 0 aliphatic heterocycles. The van der Waals surface area contributed by atoms with Crippen molar-refractivity contribution in [2.24, 2.45) is 0 Å². The molecule has 226 valence electrons. The Kier molecular flexibility index (Phi) is 6.13. The number of nitrogens with zero attached hydrogens (tertiary/aromatic N) is 2. The van der Waals surface area contributed by atoms with Gasteiger partial charge in [0.25, 0.3) is 0 Å². The van der Waals surface area contributed by atoms with Gasteiger partial charge in [0.2, 0.25) is 0 Å². The average Bonchev–Trinajstić information content (AvgIpc) is 3.51. The van der Waals surface area contributed by atoms with E-state index >= 15 is 0 Å². The number of halogens is 5. The van der Waals surface area contributed by atoms with Crippen LogP contribution in [-0.4, -0.2) is 9.13 Å². The van der Waals surface area contributed by atoms with E-state index in [1.165, 1.54) is 12.1 Å². The van der Waals surface area contributed by atoms with Crippen LogP contribution in [0.1, 0.15) is 16.7 Å². The van der Waals surface area contributed by atoms with E-state index in [1.54, 1.807) is 9.13 Å². The highest BCUT2D eigenvalue weighted by molar-refractivity contribution is 6.12. The molecule has 2 heterocycles. The molecule has 46 heavy (non-hydrogen) atoms. The second kappa shape index (κ2) is 10.0. The molecule has 0 fully saturated rings. The Morgan fingerprint density at radius 1 is 0.478 bits per heavy atom. The van der Waals surface area contributed by atoms with Crippen molar-refractivity contribution in [2.75, 3.05) is 0 Å². The van der Waals surface area contributed by atoms with Crippen LogP contribution in [0.2, 0.25) is 0 Å². The van der Waals surface area contributed by atoms with Crippen LogP contribution >= 0.6 is 0 Å². The number of fused-ring (bicyclic) bond motifs is 6. The second-order valence-corrected chi connectivity index (χ2v) is 11.8. The maximum atomic E-state index is 15.0. The summed E-state index contributed by atoms with van der Waals surface area (Å²) in [6.07, 6.45) is -4.72. The van der Waals surface area contributed by atoms with Gasteiger partial charge in [-0.1, -0.05) is 59.7 Å². The van der Waals surface area contributed by atoms with Crippen molar-refractivity contribution in [3.05, 3.63) is 144 Å². The Hall–Kier alpha value is -5.43. The Balaban J connectivity index is 1.64. The average molecular weight is 617 g/mol. The third-order valence-electron chi connectivity index (χ3n) is 8.71. The van der Waals surface area contributed by atoms with E-state index in [9.17, 15) is 22.0 Å². The van der Waals surface area contributed by atoms with Crippen LogP contribution in [0.25, 0.3) is 66.1 Å². The molecule has 0 radical (unpaired) electrons. The van der Waals surface area contributed by atoms with Gasteiger partial charge in [-0.05, 0) is 80.1 Å². The van der Waals surface area contributed by atoms with Crippen molar-refractivity contribution in [1.29, 1.82) is 0 Å². The Bertz CT molecular complexity index is 2350. The lowest BCUT2D eigenvalue weighted by atomic mass is 9.97. The fourth-order valence-corrected chi connectivity index (χ4v) is 6.81. The molecule has 0 saturated heterocycles. The molecule has 0 aliphatic rings. The molecule has 2 nitrogen and oxygen atoms in total. The predicted molar refractivity (Wildman–Crippen MR) is 175 cm³/mol. The highest BCUT2D eigenvalue weighted by Crippen LogP contribution is 2.45. The molecule has 0 N–H and O–H groups in total. The van der Waals surface area contributed by atoms with Crippen molar-refractivity contribution >= 4 is 43.6 Å². The quantitative estimate of drug-likeness (QED) is 0.175. The summed E-state index contributed by atoms with van der Waals surface area (Å²) in [5.41, 5.74) is 4.49. The van der Waals surface area contributed by atoms with Crippen LogP contribution in [-0.2, 0) is 6.18 Å². The van der Waals surface area contributed by atoms with Crippen molar-refractivity contribution in [2.45, 2.75) is 20.0 Å². The summed E-state index contributed by atoms with van der Waals surface area (Å²) < 4.78 is 78.3. The van der Waals surface area contributed by atoms with E-state index < -0.39 is 23.4 Å². The molecule has 0 unspecified atom stereocenters. The molecule has 8 rings (SSSR count). The topological polar surface area (TPSA) is 9.86 Å². The van der Waals surface area contributed by atoms with Crippen molar-refractivity contribution in [1.82, 2.24) is 9.13 Å². The number of hydrogen-bond donors (Lipinski definition) is 0. The number of alkyl halides is 3. The zero-order valence-corrected chi connectivity index (χ0v) is 24.8. The highest BCUT2D eigenvalue weighted by atomic mass is 19.4. The number of aromatic nitrogens is 2. The van der Waals surface area contributed by atoms with Crippen molar-refractivity contribution in [3.8, 4) is 22.5 Å². The van der Waals surface area contributed by atoms with Crippen LogP contribution in [0.15, 0.2) is 115 Å². The Labute approximate surface area is 260 Å². The summed E-state index contributed by atoms with van der Waals surface area (Å²) in [6.45, 7) is 3.91. The number of hydrogen-bond acceptors (Lipinski definition) is 0. The minimum absolute atomic E-state index is 0.118. The van der Waals surface area contributed by atoms with Crippen LogP contribution in [0.4, 0.5) is 22.0 Å². The standard InChI is InChI=1S/C39H25F5N2/c1-22-11-13-34-30(15-22)28-7-3-5-9-32(28)45(34)36-19-25(39(42,43)44)20-37(38(36)24-17-26(40)21-27(41)18-24)46-33-10-6-4-8-29(33)31-16-23(2)12-14-35(31)46/h3-21H,1-2H3. The first-order valence-corrected chi connectivity index (χ1v) is 14.8. The van der Waals surface area contributed by atoms with Gasteiger partial charge in [0.1, 0.15) is 11.6 Å². The fraction of sp³-hybridized carbons (Fsp3) is 0.0769. The van der Waals surface area contributed by atoms with Crippen LogP contribution < -0.4 is 0 Å². The minimum Gasteiger partial charge on any atom is -0.309 e. The van der Waals surface area contributed by atoms with Crippen molar-refractivity contribution < 1.29 is 22.0 Å². The Morgan fingerprint density at radius 3 is 1.37 bits per heavy atom.